The average Bonchev–Trinajstić information content (AvgIpc) is 2.73. The highest BCUT2D eigenvalue weighted by Gasteiger charge is 2.19. The van der Waals surface area contributed by atoms with Crippen LogP contribution >= 0.6 is 11.6 Å². The number of nitrogens with zero attached hydrogens (tertiary/aromatic N) is 1. The minimum atomic E-state index is -1.07. The Morgan fingerprint density at radius 1 is 1.13 bits per heavy atom. The van der Waals surface area contributed by atoms with Gasteiger partial charge in [0.25, 0.3) is 0 Å². The number of carboxylic acid groups (broad SMARTS) is 1. The lowest BCUT2D eigenvalue weighted by molar-refractivity contribution is 0.0692. The van der Waals surface area contributed by atoms with Crippen LogP contribution < -0.4 is 10.1 Å². The predicted octanol–water partition coefficient (Wildman–Crippen LogP) is 3.44. The van der Waals surface area contributed by atoms with Crippen molar-refractivity contribution >= 4 is 23.7 Å². The molecule has 0 bridgehead atoms. The number of methoxy groups -OCH3 is 1. The molecule has 2 aromatic carbocycles. The second kappa shape index (κ2) is 12.1. The first kappa shape index (κ1) is 24.5. The van der Waals surface area contributed by atoms with Crippen molar-refractivity contribution in [1.82, 2.24) is 10.2 Å². The molecular weight excluding hydrogens is 424 g/mol. The van der Waals surface area contributed by atoms with Crippen molar-refractivity contribution in [3.05, 3.63) is 64.2 Å². The molecule has 0 aliphatic carbocycles. The van der Waals surface area contributed by atoms with Crippen LogP contribution in [0.4, 0.5) is 4.79 Å². The standard InChI is InChI=1S/C22H27ClN2O6/c1-25(2)8-10-30-19-13-16(11-17(14-19)21(26)27)20(15-5-4-6-18(23)12-15)31-9-7-24-22(28)29-3/h4-6,11-14,20H,7-10H2,1-3H3,(H,24,28)(H,26,27). The second-order valence-corrected chi connectivity index (χ2v) is 7.41. The maximum Gasteiger partial charge on any atom is 0.406 e. The number of benzene rings is 2. The number of alkyl carbamates (subject to hydrolysis) is 1. The Kier molecular flexibility index (Phi) is 9.58. The number of rotatable bonds is 11. The molecule has 9 heteroatoms. The monoisotopic (exact) mass is 450 g/mol. The number of carboxylic acids is 1. The first-order chi connectivity index (χ1) is 14.8. The molecule has 1 atom stereocenters. The van der Waals surface area contributed by atoms with Gasteiger partial charge < -0.3 is 29.5 Å². The second-order valence-electron chi connectivity index (χ2n) is 6.97. The summed E-state index contributed by atoms with van der Waals surface area (Å²) in [6, 6.07) is 11.9. The predicted molar refractivity (Wildman–Crippen MR) is 117 cm³/mol. The molecule has 1 amide bonds. The van der Waals surface area contributed by atoms with Gasteiger partial charge in [0.05, 0.1) is 19.3 Å². The summed E-state index contributed by atoms with van der Waals surface area (Å²) in [7, 11) is 5.13. The Morgan fingerprint density at radius 2 is 1.90 bits per heavy atom. The Balaban J connectivity index is 2.32. The van der Waals surface area contributed by atoms with Gasteiger partial charge in [-0.1, -0.05) is 23.7 Å². The topological polar surface area (TPSA) is 97.3 Å². The molecular formula is C22H27ClN2O6. The summed E-state index contributed by atoms with van der Waals surface area (Å²) < 4.78 is 16.3. The highest BCUT2D eigenvalue weighted by Crippen LogP contribution is 2.31. The number of carbonyl (C=O) groups is 2. The van der Waals surface area contributed by atoms with E-state index >= 15 is 0 Å². The van der Waals surface area contributed by atoms with E-state index in [2.05, 4.69) is 10.1 Å². The summed E-state index contributed by atoms with van der Waals surface area (Å²) in [4.78, 5) is 24.9. The van der Waals surface area contributed by atoms with Crippen LogP contribution in [0.1, 0.15) is 27.6 Å². The molecule has 31 heavy (non-hydrogen) atoms. The largest absolute Gasteiger partial charge is 0.492 e. The number of hydrogen-bond donors (Lipinski definition) is 2. The van der Waals surface area contributed by atoms with Crippen molar-refractivity contribution < 1.29 is 28.9 Å². The highest BCUT2D eigenvalue weighted by atomic mass is 35.5. The molecule has 1 unspecified atom stereocenters. The fourth-order valence-electron chi connectivity index (χ4n) is 2.78. The summed E-state index contributed by atoms with van der Waals surface area (Å²) in [6.45, 7) is 1.47. The van der Waals surface area contributed by atoms with Gasteiger partial charge in [0.2, 0.25) is 0 Å². The lowest BCUT2D eigenvalue weighted by atomic mass is 9.99. The Morgan fingerprint density at radius 3 is 2.55 bits per heavy atom. The van der Waals surface area contributed by atoms with E-state index in [9.17, 15) is 14.7 Å². The van der Waals surface area contributed by atoms with Crippen LogP contribution in [0, 0.1) is 0 Å². The lowest BCUT2D eigenvalue weighted by Gasteiger charge is -2.21. The molecule has 0 fully saturated rings. The lowest BCUT2D eigenvalue weighted by Crippen LogP contribution is -2.27. The van der Waals surface area contributed by atoms with Crippen LogP contribution in [0.25, 0.3) is 0 Å². The van der Waals surface area contributed by atoms with Gasteiger partial charge in [0.1, 0.15) is 18.5 Å². The van der Waals surface area contributed by atoms with Crippen molar-refractivity contribution in [2.24, 2.45) is 0 Å². The van der Waals surface area contributed by atoms with Crippen molar-refractivity contribution in [3.8, 4) is 5.75 Å². The van der Waals surface area contributed by atoms with Crippen LogP contribution in [0.5, 0.6) is 5.75 Å². The summed E-state index contributed by atoms with van der Waals surface area (Å²) in [5.41, 5.74) is 1.42. The minimum Gasteiger partial charge on any atom is -0.492 e. The zero-order valence-electron chi connectivity index (χ0n) is 17.8. The molecule has 0 radical (unpaired) electrons. The molecule has 0 saturated carbocycles. The van der Waals surface area contributed by atoms with Crippen LogP contribution in [0.15, 0.2) is 42.5 Å². The Bertz CT molecular complexity index is 890. The van der Waals surface area contributed by atoms with E-state index < -0.39 is 18.2 Å². The minimum absolute atomic E-state index is 0.0840. The summed E-state index contributed by atoms with van der Waals surface area (Å²) in [5, 5.41) is 12.6. The third-order valence-electron chi connectivity index (χ3n) is 4.28. The van der Waals surface area contributed by atoms with Gasteiger partial charge in [0, 0.05) is 18.1 Å². The zero-order valence-corrected chi connectivity index (χ0v) is 18.5. The van der Waals surface area contributed by atoms with Gasteiger partial charge in [-0.15, -0.1) is 0 Å². The van der Waals surface area contributed by atoms with Crippen molar-refractivity contribution in [2.45, 2.75) is 6.10 Å². The number of hydrogen-bond acceptors (Lipinski definition) is 6. The van der Waals surface area contributed by atoms with E-state index in [1.165, 1.54) is 13.2 Å². The molecule has 2 rings (SSSR count). The summed E-state index contributed by atoms with van der Waals surface area (Å²) in [5.74, 6) is -0.642. The fraction of sp³-hybridized carbons (Fsp3) is 0.364. The number of carbonyl (C=O) groups excluding carboxylic acids is 1. The van der Waals surface area contributed by atoms with E-state index in [4.69, 9.17) is 21.1 Å². The number of halogens is 1. The van der Waals surface area contributed by atoms with Crippen LogP contribution in [-0.4, -0.2) is 69.6 Å². The van der Waals surface area contributed by atoms with Crippen LogP contribution in [0.3, 0.4) is 0 Å². The molecule has 168 valence electrons. The van der Waals surface area contributed by atoms with Gasteiger partial charge >= 0.3 is 12.1 Å². The van der Waals surface area contributed by atoms with Crippen molar-refractivity contribution in [1.29, 1.82) is 0 Å². The fourth-order valence-corrected chi connectivity index (χ4v) is 2.98. The highest BCUT2D eigenvalue weighted by molar-refractivity contribution is 6.30. The van der Waals surface area contributed by atoms with Crippen LogP contribution in [0.2, 0.25) is 5.02 Å². The van der Waals surface area contributed by atoms with Gasteiger partial charge in [-0.2, -0.15) is 0 Å². The van der Waals surface area contributed by atoms with E-state index in [-0.39, 0.29) is 18.7 Å². The van der Waals surface area contributed by atoms with E-state index in [1.807, 2.05) is 25.1 Å². The molecule has 8 nitrogen and oxygen atoms in total. The number of ether oxygens (including phenoxy) is 3. The zero-order chi connectivity index (χ0) is 22.8. The van der Waals surface area contributed by atoms with Gasteiger partial charge in [-0.05, 0) is 55.6 Å². The third-order valence-corrected chi connectivity index (χ3v) is 4.51. The molecule has 2 N–H and O–H groups in total. The molecule has 0 aliphatic rings. The molecule has 0 saturated heterocycles. The normalized spacial score (nSPS) is 11.8. The van der Waals surface area contributed by atoms with E-state index in [1.54, 1.807) is 30.3 Å². The maximum absolute atomic E-state index is 11.7. The summed E-state index contributed by atoms with van der Waals surface area (Å²) >= 11 is 6.16. The molecule has 2 aromatic rings. The number of aromatic carboxylic acids is 1. The maximum atomic E-state index is 11.7. The molecule has 0 heterocycles. The Hall–Kier alpha value is -2.81. The van der Waals surface area contributed by atoms with Crippen LogP contribution in [-0.2, 0) is 9.47 Å². The smallest absolute Gasteiger partial charge is 0.406 e. The average molecular weight is 451 g/mol. The summed E-state index contributed by atoms with van der Waals surface area (Å²) in [6.07, 6.45) is -1.18. The van der Waals surface area contributed by atoms with Crippen molar-refractivity contribution in [3.63, 3.8) is 0 Å². The SMILES string of the molecule is COC(=O)NCCOC(c1cccc(Cl)c1)c1cc(OCCN(C)C)cc(C(=O)O)c1. The number of amides is 1. The molecule has 0 spiro atoms. The third kappa shape index (κ3) is 8.09. The number of likely N-dealkylation sites (N-methyl/N-ethyl adjacent to an activating group) is 1. The number of nitrogens with one attached hydrogen (secondary N) is 1. The van der Waals surface area contributed by atoms with E-state index in [0.717, 1.165) is 5.56 Å². The van der Waals surface area contributed by atoms with Gasteiger partial charge in [-0.3, -0.25) is 0 Å². The first-order valence-corrected chi connectivity index (χ1v) is 10.0. The first-order valence-electron chi connectivity index (χ1n) is 9.65. The van der Waals surface area contributed by atoms with Crippen molar-refractivity contribution in [2.75, 3.05) is 47.5 Å². The quantitative estimate of drug-likeness (QED) is 0.506. The molecule has 0 aromatic heterocycles. The van der Waals surface area contributed by atoms with Gasteiger partial charge in [-0.25, -0.2) is 9.59 Å². The van der Waals surface area contributed by atoms with E-state index in [0.29, 0.717) is 29.5 Å². The molecule has 0 aliphatic heterocycles. The Labute approximate surface area is 186 Å². The van der Waals surface area contributed by atoms with Gasteiger partial charge in [0.15, 0.2) is 0 Å².